The Morgan fingerprint density at radius 2 is 2.12 bits per heavy atom. The molecule has 0 aliphatic heterocycles. The summed E-state index contributed by atoms with van der Waals surface area (Å²) in [5.41, 5.74) is 6.71. The molecule has 1 rings (SSSR count). The Bertz CT molecular complexity index is 414. The van der Waals surface area contributed by atoms with Crippen molar-refractivity contribution in [3.8, 4) is 5.75 Å². The van der Waals surface area contributed by atoms with Gasteiger partial charge >= 0.3 is 0 Å². The van der Waals surface area contributed by atoms with Crippen molar-refractivity contribution in [2.75, 3.05) is 13.7 Å². The fourth-order valence-corrected chi connectivity index (χ4v) is 1.42. The van der Waals surface area contributed by atoms with Crippen molar-refractivity contribution in [1.82, 2.24) is 5.32 Å². The maximum atomic E-state index is 12.1. The number of methoxy groups -OCH3 is 1. The van der Waals surface area contributed by atoms with Gasteiger partial charge in [0.2, 0.25) is 0 Å². The lowest BCUT2D eigenvalue weighted by Gasteiger charge is -2.24. The fourth-order valence-electron chi connectivity index (χ4n) is 1.42. The van der Waals surface area contributed by atoms with Gasteiger partial charge in [0.1, 0.15) is 5.75 Å². The van der Waals surface area contributed by atoms with Crippen LogP contribution < -0.4 is 15.8 Å². The topological polar surface area (TPSA) is 64.3 Å². The SMILES string of the molecule is COc1ccc(C)cc1C(=O)NC(C)(C)CN. The summed E-state index contributed by atoms with van der Waals surface area (Å²) in [6.45, 7) is 6.08. The highest BCUT2D eigenvalue weighted by Gasteiger charge is 2.21. The first-order valence-corrected chi connectivity index (χ1v) is 5.57. The Hall–Kier alpha value is -1.55. The predicted molar refractivity (Wildman–Crippen MR) is 68.3 cm³/mol. The van der Waals surface area contributed by atoms with Crippen LogP contribution in [-0.2, 0) is 0 Å². The second kappa shape index (κ2) is 5.19. The van der Waals surface area contributed by atoms with Crippen LogP contribution in [0.1, 0.15) is 29.8 Å². The van der Waals surface area contributed by atoms with Gasteiger partial charge < -0.3 is 15.8 Å². The molecular weight excluding hydrogens is 216 g/mol. The molecule has 0 atom stereocenters. The zero-order valence-electron chi connectivity index (χ0n) is 10.8. The minimum absolute atomic E-state index is 0.166. The van der Waals surface area contributed by atoms with E-state index in [0.29, 0.717) is 17.9 Å². The van der Waals surface area contributed by atoms with Crippen molar-refractivity contribution in [2.24, 2.45) is 5.73 Å². The molecule has 0 saturated heterocycles. The quantitative estimate of drug-likeness (QED) is 0.832. The molecule has 0 aliphatic rings. The number of hydrogen-bond donors (Lipinski definition) is 2. The molecule has 17 heavy (non-hydrogen) atoms. The number of carbonyl (C=O) groups is 1. The molecule has 0 aliphatic carbocycles. The fraction of sp³-hybridized carbons (Fsp3) is 0.462. The third-order valence-electron chi connectivity index (χ3n) is 2.56. The molecule has 3 N–H and O–H groups in total. The summed E-state index contributed by atoms with van der Waals surface area (Å²) in [4.78, 5) is 12.1. The van der Waals surface area contributed by atoms with Gasteiger partial charge in [0.05, 0.1) is 12.7 Å². The second-order valence-corrected chi connectivity index (χ2v) is 4.75. The van der Waals surface area contributed by atoms with Gasteiger partial charge in [-0.3, -0.25) is 4.79 Å². The number of benzene rings is 1. The molecule has 94 valence electrons. The summed E-state index contributed by atoms with van der Waals surface area (Å²) < 4.78 is 5.18. The Labute approximate surface area is 102 Å². The van der Waals surface area contributed by atoms with E-state index in [9.17, 15) is 4.79 Å². The molecular formula is C13H20N2O2. The standard InChI is InChI=1S/C13H20N2O2/c1-9-5-6-11(17-4)10(7-9)12(16)15-13(2,3)8-14/h5-7H,8,14H2,1-4H3,(H,15,16). The van der Waals surface area contributed by atoms with E-state index in [1.165, 1.54) is 0 Å². The first-order valence-electron chi connectivity index (χ1n) is 5.57. The molecule has 4 nitrogen and oxygen atoms in total. The van der Waals surface area contributed by atoms with Crippen LogP contribution in [0.15, 0.2) is 18.2 Å². The summed E-state index contributed by atoms with van der Waals surface area (Å²) in [6, 6.07) is 5.50. The van der Waals surface area contributed by atoms with Crippen molar-refractivity contribution in [3.63, 3.8) is 0 Å². The van der Waals surface area contributed by atoms with Gasteiger partial charge in [-0.25, -0.2) is 0 Å². The first kappa shape index (κ1) is 13.5. The van der Waals surface area contributed by atoms with E-state index in [4.69, 9.17) is 10.5 Å². The largest absolute Gasteiger partial charge is 0.496 e. The average Bonchev–Trinajstić information content (AvgIpc) is 2.28. The number of hydrogen-bond acceptors (Lipinski definition) is 3. The minimum atomic E-state index is -0.425. The van der Waals surface area contributed by atoms with Gasteiger partial charge in [0.15, 0.2) is 0 Å². The van der Waals surface area contributed by atoms with Gasteiger partial charge in [0.25, 0.3) is 5.91 Å². The van der Waals surface area contributed by atoms with E-state index in [0.717, 1.165) is 5.56 Å². The van der Waals surface area contributed by atoms with Crippen molar-refractivity contribution in [3.05, 3.63) is 29.3 Å². The maximum absolute atomic E-state index is 12.1. The molecule has 0 unspecified atom stereocenters. The third kappa shape index (κ3) is 3.46. The monoisotopic (exact) mass is 236 g/mol. The first-order chi connectivity index (χ1) is 7.89. The highest BCUT2D eigenvalue weighted by molar-refractivity contribution is 5.97. The third-order valence-corrected chi connectivity index (χ3v) is 2.56. The molecule has 0 saturated carbocycles. The Morgan fingerprint density at radius 1 is 1.47 bits per heavy atom. The van der Waals surface area contributed by atoms with Gasteiger partial charge in [-0.1, -0.05) is 11.6 Å². The van der Waals surface area contributed by atoms with Crippen molar-refractivity contribution in [2.45, 2.75) is 26.3 Å². The molecule has 0 radical (unpaired) electrons. The van der Waals surface area contributed by atoms with E-state index in [1.54, 1.807) is 19.2 Å². The Balaban J connectivity index is 2.99. The van der Waals surface area contributed by atoms with Crippen LogP contribution in [0.2, 0.25) is 0 Å². The number of ether oxygens (including phenoxy) is 1. The van der Waals surface area contributed by atoms with E-state index in [1.807, 2.05) is 26.8 Å². The van der Waals surface area contributed by atoms with E-state index >= 15 is 0 Å². The summed E-state index contributed by atoms with van der Waals surface area (Å²) in [7, 11) is 1.55. The van der Waals surface area contributed by atoms with Crippen LogP contribution in [-0.4, -0.2) is 25.1 Å². The lowest BCUT2D eigenvalue weighted by molar-refractivity contribution is 0.0912. The molecule has 0 aromatic heterocycles. The summed E-state index contributed by atoms with van der Waals surface area (Å²) >= 11 is 0. The van der Waals surface area contributed by atoms with E-state index in [-0.39, 0.29) is 5.91 Å². The van der Waals surface area contributed by atoms with Crippen molar-refractivity contribution >= 4 is 5.91 Å². The smallest absolute Gasteiger partial charge is 0.255 e. The Kier molecular flexibility index (Phi) is 4.12. The Morgan fingerprint density at radius 3 is 2.65 bits per heavy atom. The highest BCUT2D eigenvalue weighted by Crippen LogP contribution is 2.20. The van der Waals surface area contributed by atoms with Gasteiger partial charge in [-0.15, -0.1) is 0 Å². The number of nitrogens with two attached hydrogens (primary N) is 1. The number of carbonyl (C=O) groups excluding carboxylic acids is 1. The van der Waals surface area contributed by atoms with E-state index in [2.05, 4.69) is 5.32 Å². The van der Waals surface area contributed by atoms with Crippen LogP contribution in [0.3, 0.4) is 0 Å². The summed E-state index contributed by atoms with van der Waals surface area (Å²) in [5, 5.41) is 2.88. The molecule has 1 aromatic carbocycles. The second-order valence-electron chi connectivity index (χ2n) is 4.75. The molecule has 1 amide bonds. The van der Waals surface area contributed by atoms with Crippen molar-refractivity contribution < 1.29 is 9.53 Å². The summed E-state index contributed by atoms with van der Waals surface area (Å²) in [5.74, 6) is 0.405. The number of nitrogens with one attached hydrogen (secondary N) is 1. The summed E-state index contributed by atoms with van der Waals surface area (Å²) in [6.07, 6.45) is 0. The molecule has 1 aromatic rings. The van der Waals surface area contributed by atoms with Crippen LogP contribution >= 0.6 is 0 Å². The van der Waals surface area contributed by atoms with Crippen molar-refractivity contribution in [1.29, 1.82) is 0 Å². The zero-order chi connectivity index (χ0) is 13.1. The van der Waals surface area contributed by atoms with E-state index < -0.39 is 5.54 Å². The van der Waals surface area contributed by atoms with Gasteiger partial charge in [-0.2, -0.15) is 0 Å². The number of rotatable bonds is 4. The normalized spacial score (nSPS) is 11.1. The zero-order valence-corrected chi connectivity index (χ0v) is 10.8. The number of aryl methyl sites for hydroxylation is 1. The minimum Gasteiger partial charge on any atom is -0.496 e. The molecule has 0 bridgehead atoms. The van der Waals surface area contributed by atoms with Crippen LogP contribution in [0.5, 0.6) is 5.75 Å². The maximum Gasteiger partial charge on any atom is 0.255 e. The van der Waals surface area contributed by atoms with Crippen LogP contribution in [0.25, 0.3) is 0 Å². The highest BCUT2D eigenvalue weighted by atomic mass is 16.5. The average molecular weight is 236 g/mol. The van der Waals surface area contributed by atoms with Crippen LogP contribution in [0, 0.1) is 6.92 Å². The van der Waals surface area contributed by atoms with Gasteiger partial charge in [0, 0.05) is 12.1 Å². The lowest BCUT2D eigenvalue weighted by Crippen LogP contribution is -2.48. The molecule has 0 heterocycles. The number of amides is 1. The molecule has 4 heteroatoms. The predicted octanol–water partition coefficient (Wildman–Crippen LogP) is 1.47. The lowest BCUT2D eigenvalue weighted by atomic mass is 10.0. The molecule has 0 spiro atoms. The van der Waals surface area contributed by atoms with Crippen LogP contribution in [0.4, 0.5) is 0 Å². The van der Waals surface area contributed by atoms with Gasteiger partial charge in [-0.05, 0) is 32.9 Å². The molecule has 0 fully saturated rings.